The van der Waals surface area contributed by atoms with Gasteiger partial charge in [0.15, 0.2) is 5.15 Å². The van der Waals surface area contributed by atoms with Crippen LogP contribution in [-0.4, -0.2) is 10.9 Å². The van der Waals surface area contributed by atoms with Gasteiger partial charge in [-0.2, -0.15) is 0 Å². The molecule has 0 aliphatic rings. The highest BCUT2D eigenvalue weighted by Crippen LogP contribution is 2.28. The highest BCUT2D eigenvalue weighted by molar-refractivity contribution is 9.10. The van der Waals surface area contributed by atoms with Crippen LogP contribution in [0.4, 0.5) is 5.69 Å². The molecular weight excluding hydrogens is 363 g/mol. The summed E-state index contributed by atoms with van der Waals surface area (Å²) >= 11 is 15.2. The second-order valence-electron chi connectivity index (χ2n) is 4.32. The zero-order valence-electron chi connectivity index (χ0n) is 10.8. The number of hydrogen-bond donors (Lipinski definition) is 1. The Labute approximate surface area is 135 Å². The number of amides is 1. The van der Waals surface area contributed by atoms with E-state index < -0.39 is 0 Å². The Morgan fingerprint density at radius 2 is 1.95 bits per heavy atom. The monoisotopic (exact) mass is 372 g/mol. The summed E-state index contributed by atoms with van der Waals surface area (Å²) in [7, 11) is 0. The summed E-state index contributed by atoms with van der Waals surface area (Å²) in [5.41, 5.74) is 2.74. The third-order valence-electron chi connectivity index (χ3n) is 2.82. The average Bonchev–Trinajstić information content (AvgIpc) is 2.36. The summed E-state index contributed by atoms with van der Waals surface area (Å²) in [6.45, 7) is 3.73. The summed E-state index contributed by atoms with van der Waals surface area (Å²) < 4.78 is 0.758. The number of anilines is 1. The molecule has 3 nitrogen and oxygen atoms in total. The Morgan fingerprint density at radius 1 is 1.25 bits per heavy atom. The number of aromatic nitrogens is 1. The van der Waals surface area contributed by atoms with Crippen molar-refractivity contribution in [2.24, 2.45) is 0 Å². The number of carbonyl (C=O) groups is 1. The summed E-state index contributed by atoms with van der Waals surface area (Å²) in [5, 5.41) is 3.24. The number of nitrogens with one attached hydrogen (secondary N) is 1. The smallest absolute Gasteiger partial charge is 0.256 e. The van der Waals surface area contributed by atoms with E-state index in [9.17, 15) is 4.79 Å². The molecule has 1 aromatic heterocycles. The summed E-state index contributed by atoms with van der Waals surface area (Å²) in [6.07, 6.45) is 0. The van der Waals surface area contributed by atoms with Gasteiger partial charge in [-0.05, 0) is 53.0 Å². The lowest BCUT2D eigenvalue weighted by Crippen LogP contribution is -2.14. The number of carbonyl (C=O) groups excluding carboxylic acids is 1. The van der Waals surface area contributed by atoms with Gasteiger partial charge >= 0.3 is 0 Å². The van der Waals surface area contributed by atoms with E-state index in [4.69, 9.17) is 23.2 Å². The molecule has 1 N–H and O–H groups in total. The molecule has 6 heteroatoms. The van der Waals surface area contributed by atoms with E-state index >= 15 is 0 Å². The molecular formula is C14H11BrCl2N2O. The highest BCUT2D eigenvalue weighted by Gasteiger charge is 2.15. The summed E-state index contributed by atoms with van der Waals surface area (Å²) in [6, 6.07) is 7.12. The van der Waals surface area contributed by atoms with Crippen molar-refractivity contribution >= 4 is 50.7 Å². The van der Waals surface area contributed by atoms with Crippen LogP contribution in [0.3, 0.4) is 0 Å². The van der Waals surface area contributed by atoms with E-state index in [1.54, 1.807) is 19.1 Å². The first-order valence-electron chi connectivity index (χ1n) is 5.79. The van der Waals surface area contributed by atoms with Crippen molar-refractivity contribution < 1.29 is 4.79 Å². The molecule has 0 aliphatic heterocycles. The molecule has 0 atom stereocenters. The van der Waals surface area contributed by atoms with Crippen LogP contribution in [-0.2, 0) is 0 Å². The second kappa shape index (κ2) is 6.12. The third-order valence-corrected chi connectivity index (χ3v) is 4.34. The van der Waals surface area contributed by atoms with Crippen LogP contribution >= 0.6 is 39.1 Å². The molecule has 0 saturated carbocycles. The number of pyridine rings is 1. The second-order valence-corrected chi connectivity index (χ2v) is 5.86. The van der Waals surface area contributed by atoms with Gasteiger partial charge in [-0.15, -0.1) is 0 Å². The van der Waals surface area contributed by atoms with Gasteiger partial charge < -0.3 is 5.32 Å². The van der Waals surface area contributed by atoms with Crippen molar-refractivity contribution in [3.8, 4) is 0 Å². The van der Waals surface area contributed by atoms with Crippen LogP contribution in [0.15, 0.2) is 28.7 Å². The molecule has 0 unspecified atom stereocenters. The number of hydrogen-bond acceptors (Lipinski definition) is 2. The van der Waals surface area contributed by atoms with E-state index in [-0.39, 0.29) is 11.1 Å². The van der Waals surface area contributed by atoms with Crippen LogP contribution < -0.4 is 5.32 Å². The molecule has 1 amide bonds. The molecule has 0 radical (unpaired) electrons. The minimum absolute atomic E-state index is 0.173. The SMILES string of the molecule is Cc1cccc(C(=O)Nc2c(C)cc(Cl)nc2Cl)c1Br. The van der Waals surface area contributed by atoms with E-state index in [0.29, 0.717) is 16.4 Å². The Bertz CT molecular complexity index is 666. The van der Waals surface area contributed by atoms with Gasteiger partial charge in [0, 0.05) is 4.47 Å². The topological polar surface area (TPSA) is 42.0 Å². The number of nitrogens with zero attached hydrogens (tertiary/aromatic N) is 1. The number of halogens is 3. The minimum atomic E-state index is -0.255. The fraction of sp³-hybridized carbons (Fsp3) is 0.143. The van der Waals surface area contributed by atoms with Crippen molar-refractivity contribution in [3.05, 3.63) is 55.7 Å². The average molecular weight is 374 g/mol. The molecule has 20 heavy (non-hydrogen) atoms. The van der Waals surface area contributed by atoms with Gasteiger partial charge in [0.25, 0.3) is 5.91 Å². The Hall–Kier alpha value is -1.10. The van der Waals surface area contributed by atoms with Crippen LogP contribution in [0.25, 0.3) is 0 Å². The van der Waals surface area contributed by atoms with Crippen LogP contribution in [0, 0.1) is 13.8 Å². The van der Waals surface area contributed by atoms with E-state index in [0.717, 1.165) is 15.6 Å². The third kappa shape index (κ3) is 3.14. The molecule has 104 valence electrons. The van der Waals surface area contributed by atoms with Gasteiger partial charge in [0.1, 0.15) is 5.15 Å². The van der Waals surface area contributed by atoms with Gasteiger partial charge in [-0.25, -0.2) is 4.98 Å². The largest absolute Gasteiger partial charge is 0.319 e. The number of rotatable bonds is 2. The summed E-state index contributed by atoms with van der Waals surface area (Å²) in [4.78, 5) is 16.2. The molecule has 0 saturated heterocycles. The van der Waals surface area contributed by atoms with Crippen LogP contribution in [0.5, 0.6) is 0 Å². The first-order chi connectivity index (χ1) is 9.40. The molecule has 0 bridgehead atoms. The van der Waals surface area contributed by atoms with E-state index in [1.165, 1.54) is 0 Å². The number of benzene rings is 1. The first-order valence-corrected chi connectivity index (χ1v) is 7.34. The normalized spacial score (nSPS) is 10.4. The van der Waals surface area contributed by atoms with Gasteiger partial charge in [-0.1, -0.05) is 35.3 Å². The van der Waals surface area contributed by atoms with Crippen LogP contribution in [0.1, 0.15) is 21.5 Å². The predicted molar refractivity (Wildman–Crippen MR) is 85.8 cm³/mol. The van der Waals surface area contributed by atoms with Gasteiger partial charge in [0.05, 0.1) is 11.3 Å². The van der Waals surface area contributed by atoms with E-state index in [2.05, 4.69) is 26.2 Å². The maximum absolute atomic E-state index is 12.3. The molecule has 2 rings (SSSR count). The Balaban J connectivity index is 2.36. The van der Waals surface area contributed by atoms with Crippen molar-refractivity contribution in [1.29, 1.82) is 0 Å². The predicted octanol–water partition coefficient (Wildman–Crippen LogP) is 5.02. The molecule has 1 aromatic carbocycles. The standard InChI is InChI=1S/C14H11BrCl2N2O/c1-7-4-3-5-9(11(7)15)14(20)19-12-8(2)6-10(16)18-13(12)17/h3-6H,1-2H3,(H,19,20). The fourth-order valence-corrected chi connectivity index (χ4v) is 2.77. The van der Waals surface area contributed by atoms with Crippen molar-refractivity contribution in [2.75, 3.05) is 5.32 Å². The lowest BCUT2D eigenvalue weighted by molar-refractivity contribution is 0.102. The molecule has 2 aromatic rings. The van der Waals surface area contributed by atoms with Gasteiger partial charge in [0.2, 0.25) is 0 Å². The first kappa shape index (κ1) is 15.3. The highest BCUT2D eigenvalue weighted by atomic mass is 79.9. The van der Waals surface area contributed by atoms with Gasteiger partial charge in [-0.3, -0.25) is 4.79 Å². The molecule has 0 spiro atoms. The van der Waals surface area contributed by atoms with Crippen molar-refractivity contribution in [1.82, 2.24) is 4.98 Å². The zero-order valence-corrected chi connectivity index (χ0v) is 13.9. The molecule has 1 heterocycles. The fourth-order valence-electron chi connectivity index (χ4n) is 1.75. The maximum Gasteiger partial charge on any atom is 0.256 e. The van der Waals surface area contributed by atoms with Crippen molar-refractivity contribution in [3.63, 3.8) is 0 Å². The number of aryl methyl sites for hydroxylation is 2. The van der Waals surface area contributed by atoms with Crippen molar-refractivity contribution in [2.45, 2.75) is 13.8 Å². The van der Waals surface area contributed by atoms with Crippen LogP contribution in [0.2, 0.25) is 10.3 Å². The zero-order chi connectivity index (χ0) is 14.9. The summed E-state index contributed by atoms with van der Waals surface area (Å²) in [5.74, 6) is -0.255. The lowest BCUT2D eigenvalue weighted by Gasteiger charge is -2.12. The minimum Gasteiger partial charge on any atom is -0.319 e. The lowest BCUT2D eigenvalue weighted by atomic mass is 10.1. The molecule has 0 fully saturated rings. The maximum atomic E-state index is 12.3. The Kier molecular flexibility index (Phi) is 4.68. The quantitative estimate of drug-likeness (QED) is 0.751. The molecule has 0 aliphatic carbocycles. The Morgan fingerprint density at radius 3 is 2.60 bits per heavy atom. The van der Waals surface area contributed by atoms with E-state index in [1.807, 2.05) is 19.1 Å².